The first-order chi connectivity index (χ1) is 14.7. The van der Waals surface area contributed by atoms with Crippen LogP contribution in [0.15, 0.2) is 80.8 Å². The van der Waals surface area contributed by atoms with Crippen LogP contribution in [0.3, 0.4) is 0 Å². The highest BCUT2D eigenvalue weighted by atomic mass is 32.2. The van der Waals surface area contributed by atoms with E-state index in [9.17, 15) is 9.18 Å². The third-order valence-corrected chi connectivity index (χ3v) is 6.55. The van der Waals surface area contributed by atoms with Gasteiger partial charge in [0.2, 0.25) is 0 Å². The molecule has 2 aromatic heterocycles. The molecular formula is C22H16FN3O2S2. The van der Waals surface area contributed by atoms with Gasteiger partial charge in [0, 0.05) is 6.42 Å². The number of hydrogen-bond donors (Lipinski definition) is 0. The molecule has 5 nitrogen and oxygen atoms in total. The van der Waals surface area contributed by atoms with Gasteiger partial charge in [-0.05, 0) is 41.3 Å². The number of thioether (sulfide) groups is 1. The van der Waals surface area contributed by atoms with Crippen LogP contribution in [0.4, 0.5) is 4.39 Å². The Morgan fingerprint density at radius 2 is 2.00 bits per heavy atom. The van der Waals surface area contributed by atoms with Crippen molar-refractivity contribution >= 4 is 45.8 Å². The minimum Gasteiger partial charge on any atom is -0.431 e. The van der Waals surface area contributed by atoms with Gasteiger partial charge in [-0.2, -0.15) is 5.10 Å². The molecule has 1 aliphatic rings. The molecule has 0 aliphatic carbocycles. The smallest absolute Gasteiger partial charge is 0.257 e. The number of thiophene rings is 1. The number of amides is 1. The first-order valence-corrected chi connectivity index (χ1v) is 11.2. The minimum absolute atomic E-state index is 0.145. The maximum atomic E-state index is 13.4. The summed E-state index contributed by atoms with van der Waals surface area (Å²) in [7, 11) is 0. The number of nitrogens with zero attached hydrogens (tertiary/aromatic N) is 3. The second-order valence-electron chi connectivity index (χ2n) is 6.77. The number of carbonyl (C=O) groups is 1. The van der Waals surface area contributed by atoms with Crippen molar-refractivity contribution in [2.45, 2.75) is 17.7 Å². The molecule has 30 heavy (non-hydrogen) atoms. The molecule has 0 spiro atoms. The standard InChI is InChI=1S/C22H16FN3O2S2/c23-15-9-7-14(8-10-15)18-12-17(20-6-3-11-29-20)25-26(18)21(27)13-30-22-24-16-4-1-2-5-19(16)28-22/h1-11,18H,12-13H2/t18-/m1/s1. The molecule has 8 heteroatoms. The lowest BCUT2D eigenvalue weighted by molar-refractivity contribution is -0.130. The zero-order valence-electron chi connectivity index (χ0n) is 15.7. The number of hydrogen-bond acceptors (Lipinski definition) is 6. The Labute approximate surface area is 180 Å². The van der Waals surface area contributed by atoms with Crippen LogP contribution in [0.25, 0.3) is 11.1 Å². The maximum absolute atomic E-state index is 13.4. The zero-order chi connectivity index (χ0) is 20.5. The van der Waals surface area contributed by atoms with E-state index in [1.54, 1.807) is 23.5 Å². The van der Waals surface area contributed by atoms with Crippen molar-refractivity contribution in [3.8, 4) is 0 Å². The highest BCUT2D eigenvalue weighted by Gasteiger charge is 2.33. The maximum Gasteiger partial charge on any atom is 0.257 e. The number of aromatic nitrogens is 1. The molecule has 0 saturated carbocycles. The summed E-state index contributed by atoms with van der Waals surface area (Å²) in [5, 5.41) is 8.56. The SMILES string of the molecule is O=C(CSc1nc2ccccc2o1)N1N=C(c2cccs2)C[C@@H]1c1ccc(F)cc1. The van der Waals surface area contributed by atoms with Gasteiger partial charge in [0.25, 0.3) is 11.1 Å². The topological polar surface area (TPSA) is 58.7 Å². The quantitative estimate of drug-likeness (QED) is 0.387. The number of fused-ring (bicyclic) bond motifs is 1. The van der Waals surface area contributed by atoms with E-state index >= 15 is 0 Å². The molecule has 0 unspecified atom stereocenters. The van der Waals surface area contributed by atoms with E-state index < -0.39 is 0 Å². The molecule has 150 valence electrons. The molecule has 0 radical (unpaired) electrons. The van der Waals surface area contributed by atoms with Crippen LogP contribution in [-0.4, -0.2) is 27.4 Å². The average Bonchev–Trinajstić information content (AvgIpc) is 3.51. The van der Waals surface area contributed by atoms with Crippen LogP contribution < -0.4 is 0 Å². The van der Waals surface area contributed by atoms with Gasteiger partial charge in [-0.3, -0.25) is 4.79 Å². The second kappa shape index (κ2) is 8.04. The summed E-state index contributed by atoms with van der Waals surface area (Å²) in [6, 6.07) is 17.4. The Morgan fingerprint density at radius 1 is 1.17 bits per heavy atom. The fraction of sp³-hybridized carbons (Fsp3) is 0.136. The summed E-state index contributed by atoms with van der Waals surface area (Å²) < 4.78 is 19.1. The van der Waals surface area contributed by atoms with Crippen molar-refractivity contribution in [1.82, 2.24) is 9.99 Å². The number of carbonyl (C=O) groups excluding carboxylic acids is 1. The summed E-state index contributed by atoms with van der Waals surface area (Å²) in [5.74, 6) is -0.310. The van der Waals surface area contributed by atoms with Crippen molar-refractivity contribution in [2.75, 3.05) is 5.75 Å². The Hall–Kier alpha value is -2.97. The van der Waals surface area contributed by atoms with E-state index in [0.717, 1.165) is 21.7 Å². The van der Waals surface area contributed by atoms with Crippen LogP contribution in [-0.2, 0) is 4.79 Å². The Kier molecular flexibility index (Phi) is 5.10. The van der Waals surface area contributed by atoms with Gasteiger partial charge in [-0.15, -0.1) is 11.3 Å². The Bertz CT molecular complexity index is 1190. The molecule has 2 aromatic carbocycles. The molecule has 1 atom stereocenters. The van der Waals surface area contributed by atoms with Gasteiger partial charge in [-0.25, -0.2) is 14.4 Å². The average molecular weight is 438 g/mol. The number of halogens is 1. The van der Waals surface area contributed by atoms with Crippen molar-refractivity contribution in [1.29, 1.82) is 0 Å². The van der Waals surface area contributed by atoms with Crippen molar-refractivity contribution in [3.05, 3.63) is 82.3 Å². The van der Waals surface area contributed by atoms with Crippen molar-refractivity contribution in [3.63, 3.8) is 0 Å². The molecule has 0 N–H and O–H groups in total. The molecule has 5 rings (SSSR count). The van der Waals surface area contributed by atoms with E-state index in [4.69, 9.17) is 4.42 Å². The zero-order valence-corrected chi connectivity index (χ0v) is 17.3. The molecule has 4 aromatic rings. The molecule has 0 fully saturated rings. The predicted molar refractivity (Wildman–Crippen MR) is 116 cm³/mol. The third kappa shape index (κ3) is 3.76. The normalized spacial score (nSPS) is 16.2. The Balaban J connectivity index is 1.37. The highest BCUT2D eigenvalue weighted by Crippen LogP contribution is 2.35. The molecule has 0 bridgehead atoms. The molecule has 3 heterocycles. The van der Waals surface area contributed by atoms with Crippen molar-refractivity contribution in [2.24, 2.45) is 5.10 Å². The van der Waals surface area contributed by atoms with Crippen LogP contribution in [0.5, 0.6) is 0 Å². The lowest BCUT2D eigenvalue weighted by Crippen LogP contribution is -2.28. The molecular weight excluding hydrogens is 421 g/mol. The van der Waals surface area contributed by atoms with Gasteiger partial charge in [0.05, 0.1) is 22.4 Å². The molecule has 1 aliphatic heterocycles. The van der Waals surface area contributed by atoms with Gasteiger partial charge in [0.1, 0.15) is 11.3 Å². The van der Waals surface area contributed by atoms with E-state index in [1.165, 1.54) is 28.9 Å². The van der Waals surface area contributed by atoms with E-state index in [0.29, 0.717) is 17.2 Å². The summed E-state index contributed by atoms with van der Waals surface area (Å²) in [5.41, 5.74) is 3.16. The summed E-state index contributed by atoms with van der Waals surface area (Å²) in [4.78, 5) is 18.5. The number of para-hydroxylation sites is 2. The summed E-state index contributed by atoms with van der Waals surface area (Å²) in [6.07, 6.45) is 0.589. The van der Waals surface area contributed by atoms with Gasteiger partial charge in [0.15, 0.2) is 5.58 Å². The van der Waals surface area contributed by atoms with Crippen molar-refractivity contribution < 1.29 is 13.6 Å². The van der Waals surface area contributed by atoms with Crippen LogP contribution in [0.1, 0.15) is 22.9 Å². The monoisotopic (exact) mass is 437 g/mol. The lowest BCUT2D eigenvalue weighted by atomic mass is 10.0. The van der Waals surface area contributed by atoms with E-state index in [-0.39, 0.29) is 23.5 Å². The Morgan fingerprint density at radius 3 is 2.77 bits per heavy atom. The first-order valence-electron chi connectivity index (χ1n) is 9.34. The van der Waals surface area contributed by atoms with E-state index in [1.807, 2.05) is 41.8 Å². The third-order valence-electron chi connectivity index (χ3n) is 4.82. The number of hydrazone groups is 1. The summed E-state index contributed by atoms with van der Waals surface area (Å²) in [6.45, 7) is 0. The predicted octanol–water partition coefficient (Wildman–Crippen LogP) is 5.50. The summed E-state index contributed by atoms with van der Waals surface area (Å²) >= 11 is 2.83. The fourth-order valence-corrected chi connectivity index (χ4v) is 4.79. The van der Waals surface area contributed by atoms with Gasteiger partial charge < -0.3 is 4.42 Å². The van der Waals surface area contributed by atoms with E-state index in [2.05, 4.69) is 10.1 Å². The number of oxazole rings is 1. The number of rotatable bonds is 5. The largest absolute Gasteiger partial charge is 0.431 e. The highest BCUT2D eigenvalue weighted by molar-refractivity contribution is 7.99. The molecule has 1 amide bonds. The van der Waals surface area contributed by atoms with Crippen LogP contribution in [0.2, 0.25) is 0 Å². The first kappa shape index (κ1) is 19.0. The van der Waals surface area contributed by atoms with Gasteiger partial charge >= 0.3 is 0 Å². The lowest BCUT2D eigenvalue weighted by Gasteiger charge is -2.21. The van der Waals surface area contributed by atoms with Gasteiger partial charge in [-0.1, -0.05) is 42.1 Å². The minimum atomic E-state index is -0.305. The molecule has 0 saturated heterocycles. The second-order valence-corrected chi connectivity index (χ2v) is 8.64. The van der Waals surface area contributed by atoms with Crippen LogP contribution in [0, 0.1) is 5.82 Å². The number of benzene rings is 2. The fourth-order valence-electron chi connectivity index (χ4n) is 3.38. The van der Waals surface area contributed by atoms with Crippen LogP contribution >= 0.6 is 23.1 Å².